The third-order valence-corrected chi connectivity index (χ3v) is 3.65. The number of carbonyl (C=O) groups is 1. The standard InChI is InChI=1S/C13H24N2O2/c1-10-3-2-6-14-12(10)13(16)15-7-8-17-9-11-4-5-11/h10-12,14H,2-9H2,1H3,(H,15,16). The summed E-state index contributed by atoms with van der Waals surface area (Å²) in [5, 5.41) is 6.24. The Bertz CT molecular complexity index is 254. The number of ether oxygens (including phenoxy) is 1. The minimum Gasteiger partial charge on any atom is -0.379 e. The van der Waals surface area contributed by atoms with Gasteiger partial charge in [0.25, 0.3) is 0 Å². The van der Waals surface area contributed by atoms with Crippen molar-refractivity contribution in [2.45, 2.75) is 38.6 Å². The van der Waals surface area contributed by atoms with Crippen LogP contribution in [0, 0.1) is 11.8 Å². The van der Waals surface area contributed by atoms with Crippen LogP contribution in [-0.2, 0) is 9.53 Å². The van der Waals surface area contributed by atoms with Gasteiger partial charge in [-0.1, -0.05) is 6.92 Å². The predicted molar refractivity (Wildman–Crippen MR) is 66.7 cm³/mol. The predicted octanol–water partition coefficient (Wildman–Crippen LogP) is 0.917. The number of piperidine rings is 1. The summed E-state index contributed by atoms with van der Waals surface area (Å²) in [7, 11) is 0. The highest BCUT2D eigenvalue weighted by Gasteiger charge is 2.26. The van der Waals surface area contributed by atoms with E-state index in [1.807, 2.05) is 0 Å². The van der Waals surface area contributed by atoms with Crippen molar-refractivity contribution in [2.24, 2.45) is 11.8 Å². The Kier molecular flexibility index (Phi) is 4.80. The molecule has 1 saturated carbocycles. The number of hydrogen-bond acceptors (Lipinski definition) is 3. The topological polar surface area (TPSA) is 50.4 Å². The molecule has 2 atom stereocenters. The first-order valence-electron chi connectivity index (χ1n) is 6.86. The van der Waals surface area contributed by atoms with E-state index in [0.29, 0.717) is 19.1 Å². The summed E-state index contributed by atoms with van der Waals surface area (Å²) in [6.07, 6.45) is 4.95. The highest BCUT2D eigenvalue weighted by Crippen LogP contribution is 2.28. The van der Waals surface area contributed by atoms with Gasteiger partial charge in [0, 0.05) is 13.2 Å². The van der Waals surface area contributed by atoms with Crippen LogP contribution in [-0.4, -0.2) is 38.3 Å². The van der Waals surface area contributed by atoms with Gasteiger partial charge in [-0.3, -0.25) is 4.79 Å². The molecule has 98 valence electrons. The van der Waals surface area contributed by atoms with Crippen LogP contribution < -0.4 is 10.6 Å². The van der Waals surface area contributed by atoms with Gasteiger partial charge in [0.05, 0.1) is 12.6 Å². The van der Waals surface area contributed by atoms with Gasteiger partial charge in [-0.25, -0.2) is 0 Å². The molecule has 2 N–H and O–H groups in total. The second kappa shape index (κ2) is 6.36. The number of amides is 1. The van der Waals surface area contributed by atoms with Crippen LogP contribution in [0.5, 0.6) is 0 Å². The molecule has 0 bridgehead atoms. The molecule has 1 aliphatic heterocycles. The highest BCUT2D eigenvalue weighted by atomic mass is 16.5. The average molecular weight is 240 g/mol. The van der Waals surface area contributed by atoms with Crippen molar-refractivity contribution in [2.75, 3.05) is 26.3 Å². The van der Waals surface area contributed by atoms with Crippen LogP contribution in [0.1, 0.15) is 32.6 Å². The van der Waals surface area contributed by atoms with Crippen LogP contribution in [0.15, 0.2) is 0 Å². The van der Waals surface area contributed by atoms with Gasteiger partial charge in [-0.05, 0) is 44.1 Å². The van der Waals surface area contributed by atoms with E-state index in [0.717, 1.165) is 25.5 Å². The SMILES string of the molecule is CC1CCCNC1C(=O)NCCOCC1CC1. The van der Waals surface area contributed by atoms with Crippen molar-refractivity contribution in [1.29, 1.82) is 0 Å². The van der Waals surface area contributed by atoms with Crippen molar-refractivity contribution in [1.82, 2.24) is 10.6 Å². The quantitative estimate of drug-likeness (QED) is 0.679. The Balaban J connectivity index is 1.55. The fraction of sp³-hybridized carbons (Fsp3) is 0.923. The summed E-state index contributed by atoms with van der Waals surface area (Å²) < 4.78 is 5.49. The molecule has 0 spiro atoms. The van der Waals surface area contributed by atoms with Gasteiger partial charge in [0.2, 0.25) is 5.91 Å². The minimum atomic E-state index is -0.00724. The van der Waals surface area contributed by atoms with Crippen LogP contribution in [0.4, 0.5) is 0 Å². The molecule has 1 heterocycles. The summed E-state index contributed by atoms with van der Waals surface area (Å²) in [4.78, 5) is 11.9. The van der Waals surface area contributed by atoms with Crippen molar-refractivity contribution >= 4 is 5.91 Å². The normalized spacial score (nSPS) is 29.0. The van der Waals surface area contributed by atoms with Gasteiger partial charge in [0.1, 0.15) is 0 Å². The molecular weight excluding hydrogens is 216 g/mol. The first kappa shape index (κ1) is 12.8. The molecule has 2 unspecified atom stereocenters. The fourth-order valence-electron chi connectivity index (χ4n) is 2.29. The lowest BCUT2D eigenvalue weighted by Crippen LogP contribution is -2.51. The van der Waals surface area contributed by atoms with Crippen LogP contribution >= 0.6 is 0 Å². The van der Waals surface area contributed by atoms with E-state index >= 15 is 0 Å². The molecule has 0 aromatic heterocycles. The van der Waals surface area contributed by atoms with Gasteiger partial charge in [-0.15, -0.1) is 0 Å². The Morgan fingerprint density at radius 1 is 1.41 bits per heavy atom. The first-order valence-corrected chi connectivity index (χ1v) is 6.86. The zero-order valence-electron chi connectivity index (χ0n) is 10.7. The monoisotopic (exact) mass is 240 g/mol. The Morgan fingerprint density at radius 2 is 2.24 bits per heavy atom. The zero-order chi connectivity index (χ0) is 12.1. The number of hydrogen-bond donors (Lipinski definition) is 2. The first-order chi connectivity index (χ1) is 8.27. The maximum atomic E-state index is 11.9. The van der Waals surface area contributed by atoms with Gasteiger partial charge in [-0.2, -0.15) is 0 Å². The Labute approximate surface area is 103 Å². The Morgan fingerprint density at radius 3 is 2.94 bits per heavy atom. The molecule has 2 aliphatic rings. The molecule has 2 rings (SSSR count). The number of nitrogens with one attached hydrogen (secondary N) is 2. The van der Waals surface area contributed by atoms with Gasteiger partial charge >= 0.3 is 0 Å². The number of rotatable bonds is 6. The van der Waals surface area contributed by atoms with E-state index < -0.39 is 0 Å². The summed E-state index contributed by atoms with van der Waals surface area (Å²) in [6.45, 7) is 5.24. The molecule has 4 heteroatoms. The maximum absolute atomic E-state index is 11.9. The molecule has 2 fully saturated rings. The lowest BCUT2D eigenvalue weighted by atomic mass is 9.92. The van der Waals surface area contributed by atoms with E-state index in [2.05, 4.69) is 17.6 Å². The summed E-state index contributed by atoms with van der Waals surface area (Å²) in [5.74, 6) is 1.37. The summed E-state index contributed by atoms with van der Waals surface area (Å²) in [5.41, 5.74) is 0. The lowest BCUT2D eigenvalue weighted by molar-refractivity contribution is -0.125. The summed E-state index contributed by atoms with van der Waals surface area (Å²) >= 11 is 0. The van der Waals surface area contributed by atoms with Gasteiger partial charge in [0.15, 0.2) is 0 Å². The third-order valence-electron chi connectivity index (χ3n) is 3.65. The molecule has 1 aliphatic carbocycles. The van der Waals surface area contributed by atoms with Crippen molar-refractivity contribution in [3.8, 4) is 0 Å². The van der Waals surface area contributed by atoms with Crippen LogP contribution in [0.2, 0.25) is 0 Å². The van der Waals surface area contributed by atoms with E-state index in [1.54, 1.807) is 0 Å². The molecule has 1 amide bonds. The van der Waals surface area contributed by atoms with Crippen LogP contribution in [0.3, 0.4) is 0 Å². The molecule has 4 nitrogen and oxygen atoms in total. The summed E-state index contributed by atoms with van der Waals surface area (Å²) in [6, 6.07) is -0.00724. The van der Waals surface area contributed by atoms with Crippen molar-refractivity contribution in [3.05, 3.63) is 0 Å². The van der Waals surface area contributed by atoms with Gasteiger partial charge < -0.3 is 15.4 Å². The Hall–Kier alpha value is -0.610. The molecule has 17 heavy (non-hydrogen) atoms. The molecular formula is C13H24N2O2. The second-order valence-electron chi connectivity index (χ2n) is 5.36. The second-order valence-corrected chi connectivity index (χ2v) is 5.36. The van der Waals surface area contributed by atoms with Crippen LogP contribution in [0.25, 0.3) is 0 Å². The fourth-order valence-corrected chi connectivity index (χ4v) is 2.29. The molecule has 0 radical (unpaired) electrons. The smallest absolute Gasteiger partial charge is 0.237 e. The molecule has 1 saturated heterocycles. The van der Waals surface area contributed by atoms with E-state index in [9.17, 15) is 4.79 Å². The largest absolute Gasteiger partial charge is 0.379 e. The van der Waals surface area contributed by atoms with E-state index in [-0.39, 0.29) is 11.9 Å². The highest BCUT2D eigenvalue weighted by molar-refractivity contribution is 5.82. The third kappa shape index (κ3) is 4.28. The van der Waals surface area contributed by atoms with E-state index in [4.69, 9.17) is 4.74 Å². The van der Waals surface area contributed by atoms with Crippen molar-refractivity contribution < 1.29 is 9.53 Å². The lowest BCUT2D eigenvalue weighted by Gasteiger charge is -2.28. The molecule has 0 aromatic rings. The molecule has 0 aromatic carbocycles. The minimum absolute atomic E-state index is 0.00724. The average Bonchev–Trinajstić information content (AvgIpc) is 3.13. The van der Waals surface area contributed by atoms with Crippen molar-refractivity contribution in [3.63, 3.8) is 0 Å². The maximum Gasteiger partial charge on any atom is 0.237 e. The number of carbonyl (C=O) groups excluding carboxylic acids is 1. The zero-order valence-corrected chi connectivity index (χ0v) is 10.7. The van der Waals surface area contributed by atoms with E-state index in [1.165, 1.54) is 19.3 Å².